The second-order valence-electron chi connectivity index (χ2n) is 4.03. The van der Waals surface area contributed by atoms with Crippen molar-refractivity contribution in [2.45, 2.75) is 19.3 Å². The Kier molecular flexibility index (Phi) is 3.39. The third-order valence-electron chi connectivity index (χ3n) is 2.91. The monoisotopic (exact) mass is 219 g/mol. The minimum atomic E-state index is -0.0549. The molecule has 0 unspecified atom stereocenters. The molecule has 1 aromatic rings. The third-order valence-corrected chi connectivity index (χ3v) is 2.91. The lowest BCUT2D eigenvalue weighted by Gasteiger charge is -2.27. The molecule has 0 aromatic carbocycles. The van der Waals surface area contributed by atoms with Gasteiger partial charge in [0.2, 0.25) is 0 Å². The number of piperidine rings is 1. The molecule has 4 heteroatoms. The Morgan fingerprint density at radius 3 is 2.81 bits per heavy atom. The number of nitrogens with one attached hydrogen (secondary N) is 1. The molecule has 1 amide bonds. The van der Waals surface area contributed by atoms with Gasteiger partial charge >= 0.3 is 0 Å². The summed E-state index contributed by atoms with van der Waals surface area (Å²) < 4.78 is 0. The molecule has 0 radical (unpaired) electrons. The lowest BCUT2D eigenvalue weighted by Crippen LogP contribution is -2.30. The number of hydrogen-bond acceptors (Lipinski definition) is 3. The van der Waals surface area contributed by atoms with Crippen molar-refractivity contribution in [1.82, 2.24) is 10.3 Å². The van der Waals surface area contributed by atoms with Crippen LogP contribution in [0.15, 0.2) is 18.3 Å². The molecule has 2 heterocycles. The molecule has 0 aliphatic carbocycles. The predicted molar refractivity (Wildman–Crippen MR) is 63.7 cm³/mol. The molecule has 1 fully saturated rings. The van der Waals surface area contributed by atoms with E-state index in [1.165, 1.54) is 19.3 Å². The zero-order chi connectivity index (χ0) is 11.4. The molecule has 0 saturated carbocycles. The summed E-state index contributed by atoms with van der Waals surface area (Å²) >= 11 is 0. The lowest BCUT2D eigenvalue weighted by atomic mass is 10.1. The van der Waals surface area contributed by atoms with Crippen LogP contribution >= 0.6 is 0 Å². The molecule has 1 aliphatic rings. The number of aromatic nitrogens is 1. The van der Waals surface area contributed by atoms with Crippen LogP contribution in [0.3, 0.4) is 0 Å². The highest BCUT2D eigenvalue weighted by atomic mass is 16.1. The molecule has 0 spiro atoms. The average molecular weight is 219 g/mol. The number of rotatable bonds is 2. The van der Waals surface area contributed by atoms with E-state index < -0.39 is 0 Å². The van der Waals surface area contributed by atoms with E-state index in [1.807, 2.05) is 6.07 Å². The van der Waals surface area contributed by atoms with Crippen molar-refractivity contribution in [2.75, 3.05) is 25.0 Å². The van der Waals surface area contributed by atoms with Crippen molar-refractivity contribution in [1.29, 1.82) is 0 Å². The maximum Gasteiger partial charge on any atom is 0.251 e. The first kappa shape index (κ1) is 10.9. The zero-order valence-corrected chi connectivity index (χ0v) is 9.57. The smallest absolute Gasteiger partial charge is 0.251 e. The summed E-state index contributed by atoms with van der Waals surface area (Å²) in [6.07, 6.45) is 5.43. The molecule has 1 aliphatic heterocycles. The van der Waals surface area contributed by atoms with Crippen LogP contribution in [0.25, 0.3) is 0 Å². The highest BCUT2D eigenvalue weighted by molar-refractivity contribution is 5.94. The number of amides is 1. The van der Waals surface area contributed by atoms with Crippen molar-refractivity contribution in [3.05, 3.63) is 23.9 Å². The van der Waals surface area contributed by atoms with Crippen molar-refractivity contribution < 1.29 is 4.79 Å². The van der Waals surface area contributed by atoms with Gasteiger partial charge in [-0.15, -0.1) is 0 Å². The Morgan fingerprint density at radius 2 is 2.12 bits per heavy atom. The maximum atomic E-state index is 11.5. The Labute approximate surface area is 95.7 Å². The summed E-state index contributed by atoms with van der Waals surface area (Å²) in [4.78, 5) is 18.1. The van der Waals surface area contributed by atoms with Gasteiger partial charge in [-0.2, -0.15) is 0 Å². The summed E-state index contributed by atoms with van der Waals surface area (Å²) in [5, 5.41) is 2.63. The molecular formula is C12H17N3O. The van der Waals surface area contributed by atoms with Crippen molar-refractivity contribution >= 4 is 11.7 Å². The van der Waals surface area contributed by atoms with E-state index in [0.717, 1.165) is 18.9 Å². The second-order valence-corrected chi connectivity index (χ2v) is 4.03. The van der Waals surface area contributed by atoms with Crippen LogP contribution in [-0.2, 0) is 0 Å². The van der Waals surface area contributed by atoms with Gasteiger partial charge in [0.1, 0.15) is 5.82 Å². The largest absolute Gasteiger partial charge is 0.357 e. The van der Waals surface area contributed by atoms with E-state index in [0.29, 0.717) is 5.56 Å². The SMILES string of the molecule is CNC(=O)c1ccnc(N2CCCCC2)c1. The van der Waals surface area contributed by atoms with Gasteiger partial charge in [-0.25, -0.2) is 4.98 Å². The Balaban J connectivity index is 2.17. The Morgan fingerprint density at radius 1 is 1.38 bits per heavy atom. The van der Waals surface area contributed by atoms with Gasteiger partial charge < -0.3 is 10.2 Å². The molecule has 0 bridgehead atoms. The molecule has 86 valence electrons. The van der Waals surface area contributed by atoms with Crippen molar-refractivity contribution in [3.8, 4) is 0 Å². The van der Waals surface area contributed by atoms with E-state index in [2.05, 4.69) is 15.2 Å². The molecule has 4 nitrogen and oxygen atoms in total. The number of nitrogens with zero attached hydrogens (tertiary/aromatic N) is 2. The van der Waals surface area contributed by atoms with Crippen LogP contribution in [0.5, 0.6) is 0 Å². The van der Waals surface area contributed by atoms with E-state index in [9.17, 15) is 4.79 Å². The van der Waals surface area contributed by atoms with Crippen molar-refractivity contribution in [2.24, 2.45) is 0 Å². The molecule has 1 N–H and O–H groups in total. The van der Waals surface area contributed by atoms with E-state index >= 15 is 0 Å². The zero-order valence-electron chi connectivity index (χ0n) is 9.57. The highest BCUT2D eigenvalue weighted by Crippen LogP contribution is 2.18. The summed E-state index contributed by atoms with van der Waals surface area (Å²) in [6.45, 7) is 2.09. The standard InChI is InChI=1S/C12H17N3O/c1-13-12(16)10-5-6-14-11(9-10)15-7-3-2-4-8-15/h5-6,9H,2-4,7-8H2,1H3,(H,13,16). The number of carbonyl (C=O) groups excluding carboxylic acids is 1. The second kappa shape index (κ2) is 4.96. The molecule has 16 heavy (non-hydrogen) atoms. The van der Waals surface area contributed by atoms with Crippen LogP contribution in [0, 0.1) is 0 Å². The lowest BCUT2D eigenvalue weighted by molar-refractivity contribution is 0.0963. The average Bonchev–Trinajstić information content (AvgIpc) is 2.39. The molecular weight excluding hydrogens is 202 g/mol. The van der Waals surface area contributed by atoms with Crippen LogP contribution in [-0.4, -0.2) is 31.0 Å². The summed E-state index contributed by atoms with van der Waals surface area (Å²) in [5.41, 5.74) is 0.679. The van der Waals surface area contributed by atoms with Crippen LogP contribution in [0.1, 0.15) is 29.6 Å². The Bertz CT molecular complexity index is 372. The number of anilines is 1. The minimum absolute atomic E-state index is 0.0549. The van der Waals surface area contributed by atoms with Crippen LogP contribution < -0.4 is 10.2 Å². The first-order valence-corrected chi connectivity index (χ1v) is 5.74. The molecule has 0 atom stereocenters. The maximum absolute atomic E-state index is 11.5. The fourth-order valence-electron chi connectivity index (χ4n) is 2.00. The van der Waals surface area contributed by atoms with Gasteiger partial charge in [-0.3, -0.25) is 4.79 Å². The Hall–Kier alpha value is -1.58. The number of pyridine rings is 1. The van der Waals surface area contributed by atoms with Gasteiger partial charge in [0.05, 0.1) is 0 Å². The fourth-order valence-corrected chi connectivity index (χ4v) is 2.00. The quantitative estimate of drug-likeness (QED) is 0.818. The van der Waals surface area contributed by atoms with Gasteiger partial charge in [0.15, 0.2) is 0 Å². The normalized spacial score (nSPS) is 15.9. The highest BCUT2D eigenvalue weighted by Gasteiger charge is 2.13. The topological polar surface area (TPSA) is 45.2 Å². The summed E-state index contributed by atoms with van der Waals surface area (Å²) in [7, 11) is 1.64. The van der Waals surface area contributed by atoms with Gasteiger partial charge in [0, 0.05) is 31.9 Å². The van der Waals surface area contributed by atoms with Crippen molar-refractivity contribution in [3.63, 3.8) is 0 Å². The first-order chi connectivity index (χ1) is 7.81. The number of hydrogen-bond donors (Lipinski definition) is 1. The number of carbonyl (C=O) groups is 1. The van der Waals surface area contributed by atoms with Gasteiger partial charge in [0.25, 0.3) is 5.91 Å². The third kappa shape index (κ3) is 2.32. The molecule has 1 saturated heterocycles. The van der Waals surface area contributed by atoms with E-state index in [1.54, 1.807) is 19.3 Å². The summed E-state index contributed by atoms with van der Waals surface area (Å²) in [5.74, 6) is 0.862. The van der Waals surface area contributed by atoms with E-state index in [-0.39, 0.29) is 5.91 Å². The van der Waals surface area contributed by atoms with Crippen LogP contribution in [0.4, 0.5) is 5.82 Å². The van der Waals surface area contributed by atoms with Crippen LogP contribution in [0.2, 0.25) is 0 Å². The predicted octanol–water partition coefficient (Wildman–Crippen LogP) is 1.43. The van der Waals surface area contributed by atoms with Gasteiger partial charge in [-0.1, -0.05) is 0 Å². The van der Waals surface area contributed by atoms with E-state index in [4.69, 9.17) is 0 Å². The molecule has 2 rings (SSSR count). The molecule has 1 aromatic heterocycles. The fraction of sp³-hybridized carbons (Fsp3) is 0.500. The minimum Gasteiger partial charge on any atom is -0.357 e. The summed E-state index contributed by atoms with van der Waals surface area (Å²) in [6, 6.07) is 3.61. The first-order valence-electron chi connectivity index (χ1n) is 5.74. The van der Waals surface area contributed by atoms with Gasteiger partial charge in [-0.05, 0) is 31.4 Å².